The van der Waals surface area contributed by atoms with E-state index in [1.54, 1.807) is 0 Å². The van der Waals surface area contributed by atoms with Crippen LogP contribution in [0.25, 0.3) is 0 Å². The zero-order valence-corrected chi connectivity index (χ0v) is 9.16. The molecule has 1 saturated carbocycles. The van der Waals surface area contributed by atoms with Crippen molar-refractivity contribution >= 4 is 11.9 Å². The van der Waals surface area contributed by atoms with E-state index in [1.165, 1.54) is 0 Å². The Kier molecular flexibility index (Phi) is 3.83. The Morgan fingerprint density at radius 1 is 1.25 bits per heavy atom. The summed E-state index contributed by atoms with van der Waals surface area (Å²) < 4.78 is 34.8. The number of hydrogen-bond acceptors (Lipinski definition) is 4. The van der Waals surface area contributed by atoms with E-state index in [-0.39, 0.29) is 12.8 Å². The molecule has 1 aliphatic rings. The molecule has 0 aromatic carbocycles. The van der Waals surface area contributed by atoms with Gasteiger partial charge in [-0.25, -0.2) is 8.78 Å². The molecule has 0 aromatic heterocycles. The fraction of sp³-hybridized carbons (Fsp3) is 0.800. The van der Waals surface area contributed by atoms with Crippen molar-refractivity contribution in [2.45, 2.75) is 25.2 Å². The van der Waals surface area contributed by atoms with Crippen LogP contribution in [0.3, 0.4) is 0 Å². The molecule has 1 fully saturated rings. The second-order valence-electron chi connectivity index (χ2n) is 3.88. The lowest BCUT2D eigenvalue weighted by Gasteiger charge is -2.18. The molecular formula is C10H14F2O4. The average molecular weight is 236 g/mol. The molecule has 0 amide bonds. The number of hydrogen-bond donors (Lipinski definition) is 0. The first-order valence-electron chi connectivity index (χ1n) is 4.95. The molecule has 0 aromatic rings. The molecule has 6 heteroatoms. The zero-order chi connectivity index (χ0) is 12.3. The van der Waals surface area contributed by atoms with Crippen molar-refractivity contribution in [1.82, 2.24) is 0 Å². The lowest BCUT2D eigenvalue weighted by atomic mass is 9.91. The van der Waals surface area contributed by atoms with Crippen LogP contribution in [0.2, 0.25) is 0 Å². The van der Waals surface area contributed by atoms with Crippen LogP contribution in [0, 0.1) is 11.8 Å². The summed E-state index contributed by atoms with van der Waals surface area (Å²) in [6, 6.07) is 0. The van der Waals surface area contributed by atoms with Crippen molar-refractivity contribution in [1.29, 1.82) is 0 Å². The SMILES string of the molecule is COC(=O)C(C(=O)OC)[C@H]1CCC(F)(F)C1. The number of methoxy groups -OCH3 is 2. The van der Waals surface area contributed by atoms with Gasteiger partial charge < -0.3 is 9.47 Å². The molecule has 4 nitrogen and oxygen atoms in total. The number of carbonyl (C=O) groups excluding carboxylic acids is 2. The van der Waals surface area contributed by atoms with E-state index >= 15 is 0 Å². The summed E-state index contributed by atoms with van der Waals surface area (Å²) in [6.07, 6.45) is -0.647. The van der Waals surface area contributed by atoms with Gasteiger partial charge in [0, 0.05) is 12.8 Å². The lowest BCUT2D eigenvalue weighted by Crippen LogP contribution is -2.33. The third-order valence-corrected chi connectivity index (χ3v) is 2.82. The molecule has 0 spiro atoms. The lowest BCUT2D eigenvalue weighted by molar-refractivity contribution is -0.161. The van der Waals surface area contributed by atoms with Gasteiger partial charge in [-0.05, 0) is 12.3 Å². The van der Waals surface area contributed by atoms with Gasteiger partial charge in [-0.3, -0.25) is 9.59 Å². The van der Waals surface area contributed by atoms with Gasteiger partial charge in [-0.15, -0.1) is 0 Å². The summed E-state index contributed by atoms with van der Waals surface area (Å²) in [5.74, 6) is -6.35. The third kappa shape index (κ3) is 2.68. The largest absolute Gasteiger partial charge is 0.468 e. The number of carbonyl (C=O) groups is 2. The summed E-state index contributed by atoms with van der Waals surface area (Å²) in [5, 5.41) is 0. The number of esters is 2. The summed E-state index contributed by atoms with van der Waals surface area (Å²) in [7, 11) is 2.23. The Hall–Kier alpha value is -1.20. The molecule has 92 valence electrons. The predicted octanol–water partition coefficient (Wildman–Crippen LogP) is 1.38. The highest BCUT2D eigenvalue weighted by atomic mass is 19.3. The molecule has 1 atom stereocenters. The van der Waals surface area contributed by atoms with Crippen LogP contribution in [0.5, 0.6) is 0 Å². The van der Waals surface area contributed by atoms with E-state index in [1.807, 2.05) is 0 Å². The van der Waals surface area contributed by atoms with Crippen molar-refractivity contribution in [2.75, 3.05) is 14.2 Å². The highest BCUT2D eigenvalue weighted by Crippen LogP contribution is 2.42. The number of alkyl halides is 2. The molecule has 0 bridgehead atoms. The minimum atomic E-state index is -2.80. The molecule has 0 heterocycles. The average Bonchev–Trinajstić information content (AvgIpc) is 2.58. The number of rotatable bonds is 3. The minimum Gasteiger partial charge on any atom is -0.468 e. The maximum Gasteiger partial charge on any atom is 0.320 e. The van der Waals surface area contributed by atoms with Crippen molar-refractivity contribution in [3.05, 3.63) is 0 Å². The van der Waals surface area contributed by atoms with Crippen LogP contribution in [0.15, 0.2) is 0 Å². The van der Waals surface area contributed by atoms with Gasteiger partial charge in [0.15, 0.2) is 5.92 Å². The van der Waals surface area contributed by atoms with Gasteiger partial charge in [-0.2, -0.15) is 0 Å². The Morgan fingerprint density at radius 3 is 2.06 bits per heavy atom. The molecule has 1 rings (SSSR count). The van der Waals surface area contributed by atoms with E-state index in [9.17, 15) is 18.4 Å². The maximum absolute atomic E-state index is 13.0. The molecule has 16 heavy (non-hydrogen) atoms. The van der Waals surface area contributed by atoms with Crippen molar-refractivity contribution in [3.63, 3.8) is 0 Å². The zero-order valence-electron chi connectivity index (χ0n) is 9.16. The second kappa shape index (κ2) is 4.76. The molecule has 0 radical (unpaired) electrons. The minimum absolute atomic E-state index is 0.127. The van der Waals surface area contributed by atoms with Crippen LogP contribution in [0.4, 0.5) is 8.78 Å². The topological polar surface area (TPSA) is 52.6 Å². The fourth-order valence-corrected chi connectivity index (χ4v) is 2.00. The van der Waals surface area contributed by atoms with Gasteiger partial charge >= 0.3 is 11.9 Å². The Balaban J connectivity index is 2.78. The molecule has 0 unspecified atom stereocenters. The van der Waals surface area contributed by atoms with E-state index in [0.717, 1.165) is 14.2 Å². The summed E-state index contributed by atoms with van der Waals surface area (Å²) >= 11 is 0. The first kappa shape index (κ1) is 12.9. The van der Waals surface area contributed by atoms with E-state index in [4.69, 9.17) is 0 Å². The number of ether oxygens (including phenoxy) is 2. The molecule has 0 aliphatic heterocycles. The monoisotopic (exact) mass is 236 g/mol. The molecule has 0 N–H and O–H groups in total. The first-order valence-corrected chi connectivity index (χ1v) is 4.95. The Morgan fingerprint density at radius 2 is 1.75 bits per heavy atom. The Labute approximate surface area is 91.9 Å². The first-order chi connectivity index (χ1) is 7.41. The normalized spacial score (nSPS) is 23.2. The highest BCUT2D eigenvalue weighted by molar-refractivity contribution is 5.95. The second-order valence-corrected chi connectivity index (χ2v) is 3.88. The number of halogens is 2. The van der Waals surface area contributed by atoms with Crippen LogP contribution in [-0.4, -0.2) is 32.1 Å². The van der Waals surface area contributed by atoms with Crippen molar-refractivity contribution < 1.29 is 27.8 Å². The van der Waals surface area contributed by atoms with Crippen LogP contribution >= 0.6 is 0 Å². The molecular weight excluding hydrogens is 222 g/mol. The van der Waals surface area contributed by atoms with Crippen molar-refractivity contribution in [3.8, 4) is 0 Å². The van der Waals surface area contributed by atoms with Crippen LogP contribution < -0.4 is 0 Å². The van der Waals surface area contributed by atoms with Gasteiger partial charge in [0.2, 0.25) is 5.92 Å². The van der Waals surface area contributed by atoms with Crippen LogP contribution in [-0.2, 0) is 19.1 Å². The highest BCUT2D eigenvalue weighted by Gasteiger charge is 2.48. The quantitative estimate of drug-likeness (QED) is 0.548. The maximum atomic E-state index is 13.0. The van der Waals surface area contributed by atoms with Gasteiger partial charge in [0.05, 0.1) is 14.2 Å². The smallest absolute Gasteiger partial charge is 0.320 e. The summed E-state index contributed by atoms with van der Waals surface area (Å²) in [4.78, 5) is 22.7. The van der Waals surface area contributed by atoms with Gasteiger partial charge in [-0.1, -0.05) is 0 Å². The van der Waals surface area contributed by atoms with Gasteiger partial charge in [0.1, 0.15) is 0 Å². The van der Waals surface area contributed by atoms with E-state index in [2.05, 4.69) is 9.47 Å². The van der Waals surface area contributed by atoms with E-state index < -0.39 is 36.1 Å². The summed E-state index contributed by atoms with van der Waals surface area (Å²) in [5.41, 5.74) is 0. The standard InChI is InChI=1S/C10H14F2O4/c1-15-8(13)7(9(14)16-2)6-3-4-10(11,12)5-6/h6-7H,3-5H2,1-2H3/t6-/m0/s1. The predicted molar refractivity (Wildman–Crippen MR) is 49.8 cm³/mol. The van der Waals surface area contributed by atoms with Crippen LogP contribution in [0.1, 0.15) is 19.3 Å². The van der Waals surface area contributed by atoms with E-state index in [0.29, 0.717) is 0 Å². The van der Waals surface area contributed by atoms with Gasteiger partial charge in [0.25, 0.3) is 0 Å². The molecule has 1 aliphatic carbocycles. The third-order valence-electron chi connectivity index (χ3n) is 2.82. The Bertz CT molecular complexity index is 275. The summed E-state index contributed by atoms with van der Waals surface area (Å²) in [6.45, 7) is 0. The molecule has 0 saturated heterocycles. The fourth-order valence-electron chi connectivity index (χ4n) is 2.00. The van der Waals surface area contributed by atoms with Crippen molar-refractivity contribution in [2.24, 2.45) is 11.8 Å².